The number of hydrogen-bond donors (Lipinski definition) is 0. The van der Waals surface area contributed by atoms with Crippen LogP contribution in [0.2, 0.25) is 0 Å². The summed E-state index contributed by atoms with van der Waals surface area (Å²) in [4.78, 5) is 0. The minimum Gasteiger partial charge on any atom is -0.497 e. The molecule has 0 spiro atoms. The molecule has 0 atom stereocenters. The van der Waals surface area contributed by atoms with Crippen molar-refractivity contribution in [3.8, 4) is 28.6 Å². The van der Waals surface area contributed by atoms with Crippen molar-refractivity contribution in [1.29, 1.82) is 0 Å². The van der Waals surface area contributed by atoms with Gasteiger partial charge in [-0.15, -0.1) is 20.4 Å². The van der Waals surface area contributed by atoms with Gasteiger partial charge in [-0.25, -0.2) is 0 Å². The van der Waals surface area contributed by atoms with E-state index in [9.17, 15) is 0 Å². The topological polar surface area (TPSA) is 88.1 Å². The Labute approximate surface area is 171 Å². The maximum absolute atomic E-state index is 5.53. The SMILES string of the molecule is COc1ccc(-n2c(SCc3nnc(C)o3)nnc2-c2ccccc2OC)cc1. The second kappa shape index (κ2) is 8.36. The van der Waals surface area contributed by atoms with Crippen molar-refractivity contribution in [2.24, 2.45) is 0 Å². The highest BCUT2D eigenvalue weighted by Crippen LogP contribution is 2.34. The number of para-hydroxylation sites is 1. The van der Waals surface area contributed by atoms with Gasteiger partial charge in [0.2, 0.25) is 11.8 Å². The Morgan fingerprint density at radius 1 is 0.931 bits per heavy atom. The third-order valence-electron chi connectivity index (χ3n) is 4.20. The number of benzene rings is 2. The van der Waals surface area contributed by atoms with Crippen molar-refractivity contribution in [2.45, 2.75) is 17.8 Å². The molecule has 8 nitrogen and oxygen atoms in total. The molecule has 2 aromatic heterocycles. The van der Waals surface area contributed by atoms with Gasteiger partial charge >= 0.3 is 0 Å². The highest BCUT2D eigenvalue weighted by atomic mass is 32.2. The molecular formula is C20H19N5O3S. The normalized spacial score (nSPS) is 10.9. The molecule has 0 aliphatic carbocycles. The molecule has 0 N–H and O–H groups in total. The molecule has 0 fully saturated rings. The van der Waals surface area contributed by atoms with Crippen LogP contribution in [0.5, 0.6) is 11.5 Å². The summed E-state index contributed by atoms with van der Waals surface area (Å²) in [6, 6.07) is 15.4. The number of hydrogen-bond acceptors (Lipinski definition) is 8. The lowest BCUT2D eigenvalue weighted by atomic mass is 10.2. The monoisotopic (exact) mass is 409 g/mol. The first-order valence-corrected chi connectivity index (χ1v) is 9.83. The summed E-state index contributed by atoms with van der Waals surface area (Å²) in [6.07, 6.45) is 0. The minimum atomic E-state index is 0.487. The van der Waals surface area contributed by atoms with Gasteiger partial charge in [-0.1, -0.05) is 23.9 Å². The van der Waals surface area contributed by atoms with Crippen molar-refractivity contribution in [2.75, 3.05) is 14.2 Å². The van der Waals surface area contributed by atoms with E-state index in [-0.39, 0.29) is 0 Å². The van der Waals surface area contributed by atoms with Gasteiger partial charge in [-0.2, -0.15) is 0 Å². The van der Waals surface area contributed by atoms with Crippen molar-refractivity contribution < 1.29 is 13.9 Å². The fraction of sp³-hybridized carbons (Fsp3) is 0.200. The molecule has 0 amide bonds. The lowest BCUT2D eigenvalue weighted by Gasteiger charge is -2.12. The van der Waals surface area contributed by atoms with Gasteiger partial charge in [0.15, 0.2) is 11.0 Å². The molecule has 0 aliphatic rings. The fourth-order valence-electron chi connectivity index (χ4n) is 2.85. The van der Waals surface area contributed by atoms with Gasteiger partial charge in [0, 0.05) is 6.92 Å². The van der Waals surface area contributed by atoms with Crippen LogP contribution in [-0.4, -0.2) is 39.2 Å². The molecule has 9 heteroatoms. The highest BCUT2D eigenvalue weighted by molar-refractivity contribution is 7.98. The molecule has 0 unspecified atom stereocenters. The van der Waals surface area contributed by atoms with E-state index in [1.165, 1.54) is 11.8 Å². The molecule has 4 aromatic rings. The van der Waals surface area contributed by atoms with E-state index in [1.807, 2.05) is 53.1 Å². The summed E-state index contributed by atoms with van der Waals surface area (Å²) >= 11 is 1.47. The zero-order chi connectivity index (χ0) is 20.2. The fourth-order valence-corrected chi connectivity index (χ4v) is 3.64. The standard InChI is InChI=1S/C20H19N5O3S/c1-13-21-22-18(28-13)12-29-20-24-23-19(16-6-4-5-7-17(16)27-3)25(20)14-8-10-15(26-2)11-9-14/h4-11H,12H2,1-3H3. The summed E-state index contributed by atoms with van der Waals surface area (Å²) in [5, 5.41) is 17.5. The number of thioether (sulfide) groups is 1. The van der Waals surface area contributed by atoms with Gasteiger partial charge in [0.1, 0.15) is 11.5 Å². The zero-order valence-electron chi connectivity index (χ0n) is 16.2. The molecule has 148 valence electrons. The smallest absolute Gasteiger partial charge is 0.226 e. The number of methoxy groups -OCH3 is 2. The summed E-state index contributed by atoms with van der Waals surface area (Å²) in [5.74, 6) is 3.73. The Morgan fingerprint density at radius 2 is 1.72 bits per heavy atom. The first-order chi connectivity index (χ1) is 14.2. The molecule has 0 saturated carbocycles. The lowest BCUT2D eigenvalue weighted by molar-refractivity contribution is 0.414. The highest BCUT2D eigenvalue weighted by Gasteiger charge is 2.19. The average Bonchev–Trinajstić information content (AvgIpc) is 3.38. The van der Waals surface area contributed by atoms with Crippen LogP contribution in [0.3, 0.4) is 0 Å². The number of nitrogens with zero attached hydrogens (tertiary/aromatic N) is 5. The molecule has 0 radical (unpaired) electrons. The van der Waals surface area contributed by atoms with E-state index >= 15 is 0 Å². The van der Waals surface area contributed by atoms with Crippen molar-refractivity contribution in [3.63, 3.8) is 0 Å². The maximum atomic E-state index is 5.53. The van der Waals surface area contributed by atoms with E-state index in [4.69, 9.17) is 13.9 Å². The molecule has 0 saturated heterocycles. The van der Waals surface area contributed by atoms with E-state index in [0.717, 1.165) is 22.7 Å². The third kappa shape index (κ3) is 3.95. The van der Waals surface area contributed by atoms with Gasteiger partial charge in [0.05, 0.1) is 31.2 Å². The Bertz CT molecular complexity index is 1110. The molecule has 4 rings (SSSR count). The van der Waals surface area contributed by atoms with Crippen LogP contribution in [0.25, 0.3) is 17.1 Å². The number of rotatable bonds is 7. The van der Waals surface area contributed by atoms with Gasteiger partial charge in [-0.3, -0.25) is 4.57 Å². The maximum Gasteiger partial charge on any atom is 0.226 e. The van der Waals surface area contributed by atoms with Crippen LogP contribution in [0.4, 0.5) is 0 Å². The third-order valence-corrected chi connectivity index (χ3v) is 5.12. The van der Waals surface area contributed by atoms with Crippen molar-refractivity contribution in [1.82, 2.24) is 25.0 Å². The van der Waals surface area contributed by atoms with Gasteiger partial charge in [-0.05, 0) is 36.4 Å². The van der Waals surface area contributed by atoms with E-state index in [1.54, 1.807) is 21.1 Å². The molecular weight excluding hydrogens is 390 g/mol. The van der Waals surface area contributed by atoms with Crippen LogP contribution < -0.4 is 9.47 Å². The molecule has 29 heavy (non-hydrogen) atoms. The quantitative estimate of drug-likeness (QED) is 0.424. The Morgan fingerprint density at radius 3 is 2.41 bits per heavy atom. The summed E-state index contributed by atoms with van der Waals surface area (Å²) < 4.78 is 18.3. The predicted octanol–water partition coefficient (Wildman–Crippen LogP) is 3.94. The number of aryl methyl sites for hydroxylation is 1. The van der Waals surface area contributed by atoms with E-state index in [2.05, 4.69) is 20.4 Å². The predicted molar refractivity (Wildman–Crippen MR) is 108 cm³/mol. The van der Waals surface area contributed by atoms with Crippen LogP contribution in [0.15, 0.2) is 58.1 Å². The summed E-state index contributed by atoms with van der Waals surface area (Å²) in [7, 11) is 3.28. The van der Waals surface area contributed by atoms with Crippen LogP contribution >= 0.6 is 11.8 Å². The van der Waals surface area contributed by atoms with E-state index in [0.29, 0.717) is 28.5 Å². The Kier molecular flexibility index (Phi) is 5.48. The van der Waals surface area contributed by atoms with Gasteiger partial charge < -0.3 is 13.9 Å². The first kappa shape index (κ1) is 19.0. The Hall–Kier alpha value is -3.33. The molecule has 0 bridgehead atoms. The second-order valence-corrected chi connectivity index (χ2v) is 6.99. The van der Waals surface area contributed by atoms with Crippen molar-refractivity contribution in [3.05, 3.63) is 60.3 Å². The van der Waals surface area contributed by atoms with Crippen LogP contribution in [0, 0.1) is 6.92 Å². The summed E-state index contributed by atoms with van der Waals surface area (Å²) in [5.41, 5.74) is 1.75. The Balaban J connectivity index is 1.77. The van der Waals surface area contributed by atoms with Gasteiger partial charge in [0.25, 0.3) is 0 Å². The molecule has 2 aromatic carbocycles. The summed E-state index contributed by atoms with van der Waals surface area (Å²) in [6.45, 7) is 1.76. The van der Waals surface area contributed by atoms with E-state index < -0.39 is 0 Å². The second-order valence-electron chi connectivity index (χ2n) is 6.04. The first-order valence-electron chi connectivity index (χ1n) is 8.84. The minimum absolute atomic E-state index is 0.487. The zero-order valence-corrected chi connectivity index (χ0v) is 17.0. The molecule has 2 heterocycles. The lowest BCUT2D eigenvalue weighted by Crippen LogP contribution is -2.01. The van der Waals surface area contributed by atoms with Crippen LogP contribution in [0.1, 0.15) is 11.8 Å². The number of ether oxygens (including phenoxy) is 2. The molecule has 0 aliphatic heterocycles. The average molecular weight is 409 g/mol. The van der Waals surface area contributed by atoms with Crippen LogP contribution in [-0.2, 0) is 5.75 Å². The largest absolute Gasteiger partial charge is 0.497 e. The van der Waals surface area contributed by atoms with Crippen molar-refractivity contribution >= 4 is 11.8 Å². The number of aromatic nitrogens is 5.